The van der Waals surface area contributed by atoms with E-state index >= 15 is 0 Å². The molecule has 0 saturated carbocycles. The number of aliphatic carboxylic acids is 1. The average molecular weight is 351 g/mol. The fraction of sp³-hybridized carbons (Fsp3) is 0.250. The summed E-state index contributed by atoms with van der Waals surface area (Å²) in [7, 11) is 0. The number of nitrogens with one attached hydrogen (secondary N) is 1. The summed E-state index contributed by atoms with van der Waals surface area (Å²) in [5.41, 5.74) is 2.91. The van der Waals surface area contributed by atoms with Gasteiger partial charge in [-0.25, -0.2) is 0 Å². The first-order valence-corrected chi connectivity index (χ1v) is 8.48. The number of hydrogen-bond acceptors (Lipinski definition) is 3. The van der Waals surface area contributed by atoms with Gasteiger partial charge in [0, 0.05) is 11.9 Å². The summed E-state index contributed by atoms with van der Waals surface area (Å²) in [5.74, 6) is -1.85. The highest BCUT2D eigenvalue weighted by Gasteiger charge is 2.19. The van der Waals surface area contributed by atoms with Crippen LogP contribution in [0, 0.1) is 12.8 Å². The largest absolute Gasteiger partial charge is 0.481 e. The standard InChI is InChI=1S/C20H21N3O3/c1-14-5-4-6-15(9-14)10-17(20(25)26)11-21-19(24)13-23-18-8-3-2-7-16(18)12-22-23/h2-9,12,17H,10-11,13H2,1H3,(H,21,24)(H,25,26). The Morgan fingerprint density at radius 3 is 2.77 bits per heavy atom. The summed E-state index contributed by atoms with van der Waals surface area (Å²) < 4.78 is 1.61. The molecule has 1 atom stereocenters. The van der Waals surface area contributed by atoms with E-state index in [1.165, 1.54) is 0 Å². The summed E-state index contributed by atoms with van der Waals surface area (Å²) >= 11 is 0. The Kier molecular flexibility index (Phi) is 5.31. The van der Waals surface area contributed by atoms with Gasteiger partial charge in [0.25, 0.3) is 0 Å². The molecule has 3 rings (SSSR count). The van der Waals surface area contributed by atoms with Crippen LogP contribution in [0.5, 0.6) is 0 Å². The number of fused-ring (bicyclic) bond motifs is 1. The van der Waals surface area contributed by atoms with E-state index in [1.54, 1.807) is 10.9 Å². The Morgan fingerprint density at radius 2 is 2.00 bits per heavy atom. The van der Waals surface area contributed by atoms with E-state index in [4.69, 9.17) is 0 Å². The number of hydrogen-bond donors (Lipinski definition) is 2. The summed E-state index contributed by atoms with van der Waals surface area (Å²) in [6.45, 7) is 2.11. The number of rotatable bonds is 7. The average Bonchev–Trinajstić information content (AvgIpc) is 3.01. The number of nitrogens with zero attached hydrogens (tertiary/aromatic N) is 2. The zero-order valence-corrected chi connectivity index (χ0v) is 14.6. The quantitative estimate of drug-likeness (QED) is 0.685. The second-order valence-corrected chi connectivity index (χ2v) is 6.39. The molecule has 0 aliphatic carbocycles. The molecule has 1 aromatic heterocycles. The Labute approximate surface area is 151 Å². The molecular formula is C20H21N3O3. The molecular weight excluding hydrogens is 330 g/mol. The summed E-state index contributed by atoms with van der Waals surface area (Å²) in [6.07, 6.45) is 2.09. The van der Waals surface area contributed by atoms with E-state index < -0.39 is 11.9 Å². The number of amides is 1. The molecule has 0 aliphatic rings. The van der Waals surface area contributed by atoms with Gasteiger partial charge in [-0.3, -0.25) is 14.3 Å². The van der Waals surface area contributed by atoms with Gasteiger partial charge in [-0.05, 0) is 25.0 Å². The molecule has 1 unspecified atom stereocenters. The van der Waals surface area contributed by atoms with Crippen molar-refractivity contribution in [1.82, 2.24) is 15.1 Å². The molecule has 0 spiro atoms. The number of carbonyl (C=O) groups excluding carboxylic acids is 1. The Bertz CT molecular complexity index is 933. The van der Waals surface area contributed by atoms with Crippen LogP contribution in [-0.4, -0.2) is 33.3 Å². The van der Waals surface area contributed by atoms with Crippen molar-refractivity contribution in [1.29, 1.82) is 0 Å². The maximum absolute atomic E-state index is 12.2. The first-order chi connectivity index (χ1) is 12.5. The molecule has 0 fully saturated rings. The van der Waals surface area contributed by atoms with Gasteiger partial charge in [-0.2, -0.15) is 5.10 Å². The maximum atomic E-state index is 12.2. The van der Waals surface area contributed by atoms with Gasteiger partial charge in [-0.15, -0.1) is 0 Å². The molecule has 26 heavy (non-hydrogen) atoms. The van der Waals surface area contributed by atoms with Crippen molar-refractivity contribution >= 4 is 22.8 Å². The van der Waals surface area contributed by atoms with Gasteiger partial charge in [0.15, 0.2) is 0 Å². The fourth-order valence-electron chi connectivity index (χ4n) is 2.95. The minimum absolute atomic E-state index is 0.0598. The lowest BCUT2D eigenvalue weighted by atomic mass is 9.98. The van der Waals surface area contributed by atoms with E-state index in [2.05, 4.69) is 10.4 Å². The SMILES string of the molecule is Cc1cccc(CC(CNC(=O)Cn2ncc3ccccc32)C(=O)O)c1. The monoisotopic (exact) mass is 351 g/mol. The zero-order valence-electron chi connectivity index (χ0n) is 14.6. The Hall–Kier alpha value is -3.15. The molecule has 2 N–H and O–H groups in total. The molecule has 2 aromatic carbocycles. The van der Waals surface area contributed by atoms with Crippen LogP contribution in [0.3, 0.4) is 0 Å². The molecule has 1 heterocycles. The van der Waals surface area contributed by atoms with E-state index in [0.717, 1.165) is 22.0 Å². The highest BCUT2D eigenvalue weighted by atomic mass is 16.4. The van der Waals surface area contributed by atoms with Gasteiger partial charge in [0.2, 0.25) is 5.91 Å². The van der Waals surface area contributed by atoms with Crippen LogP contribution in [0.25, 0.3) is 10.9 Å². The van der Waals surface area contributed by atoms with Crippen LogP contribution in [0.15, 0.2) is 54.7 Å². The second-order valence-electron chi connectivity index (χ2n) is 6.39. The summed E-state index contributed by atoms with van der Waals surface area (Å²) in [4.78, 5) is 23.7. The predicted molar refractivity (Wildman–Crippen MR) is 98.8 cm³/mol. The summed E-state index contributed by atoms with van der Waals surface area (Å²) in [6, 6.07) is 15.4. The van der Waals surface area contributed by atoms with Gasteiger partial charge < -0.3 is 10.4 Å². The second kappa shape index (κ2) is 7.82. The fourth-order valence-corrected chi connectivity index (χ4v) is 2.95. The Morgan fingerprint density at radius 1 is 1.19 bits per heavy atom. The van der Waals surface area contributed by atoms with Crippen molar-refractivity contribution in [3.8, 4) is 0 Å². The number of aromatic nitrogens is 2. The molecule has 0 aliphatic heterocycles. The van der Waals surface area contributed by atoms with Crippen molar-refractivity contribution in [3.63, 3.8) is 0 Å². The molecule has 0 radical (unpaired) electrons. The van der Waals surface area contributed by atoms with Crippen LogP contribution in [0.1, 0.15) is 11.1 Å². The van der Waals surface area contributed by atoms with Crippen LogP contribution in [0.4, 0.5) is 0 Å². The topological polar surface area (TPSA) is 84.2 Å². The van der Waals surface area contributed by atoms with Crippen molar-refractivity contribution < 1.29 is 14.7 Å². The van der Waals surface area contributed by atoms with E-state index in [9.17, 15) is 14.7 Å². The van der Waals surface area contributed by atoms with Crippen molar-refractivity contribution in [2.45, 2.75) is 19.9 Å². The highest BCUT2D eigenvalue weighted by molar-refractivity contribution is 5.82. The lowest BCUT2D eigenvalue weighted by Crippen LogP contribution is -2.36. The molecule has 0 bridgehead atoms. The number of carboxylic acids is 1. The lowest BCUT2D eigenvalue weighted by Gasteiger charge is -2.14. The van der Waals surface area contributed by atoms with Crippen LogP contribution >= 0.6 is 0 Å². The van der Waals surface area contributed by atoms with E-state index in [1.807, 2.05) is 55.5 Å². The predicted octanol–water partition coefficient (Wildman–Crippen LogP) is 2.40. The molecule has 0 saturated heterocycles. The summed E-state index contributed by atoms with van der Waals surface area (Å²) in [5, 5.41) is 17.3. The van der Waals surface area contributed by atoms with Crippen LogP contribution in [0.2, 0.25) is 0 Å². The third-order valence-electron chi connectivity index (χ3n) is 4.30. The number of aryl methyl sites for hydroxylation is 1. The first-order valence-electron chi connectivity index (χ1n) is 8.48. The van der Waals surface area contributed by atoms with Crippen LogP contribution < -0.4 is 5.32 Å². The Balaban J connectivity index is 1.60. The van der Waals surface area contributed by atoms with Gasteiger partial charge in [0.05, 0.1) is 17.6 Å². The highest BCUT2D eigenvalue weighted by Crippen LogP contribution is 2.13. The third-order valence-corrected chi connectivity index (χ3v) is 4.30. The molecule has 134 valence electrons. The van der Waals surface area contributed by atoms with E-state index in [-0.39, 0.29) is 19.0 Å². The van der Waals surface area contributed by atoms with Crippen molar-refractivity contribution in [2.75, 3.05) is 6.54 Å². The zero-order chi connectivity index (χ0) is 18.5. The number of carboxylic acid groups (broad SMARTS) is 1. The third kappa shape index (κ3) is 4.27. The first kappa shape index (κ1) is 17.7. The van der Waals surface area contributed by atoms with Gasteiger partial charge in [-0.1, -0.05) is 48.0 Å². The van der Waals surface area contributed by atoms with Crippen LogP contribution in [-0.2, 0) is 22.6 Å². The van der Waals surface area contributed by atoms with E-state index in [0.29, 0.717) is 6.42 Å². The minimum Gasteiger partial charge on any atom is -0.481 e. The number of para-hydroxylation sites is 1. The molecule has 1 amide bonds. The van der Waals surface area contributed by atoms with Crippen molar-refractivity contribution in [2.24, 2.45) is 5.92 Å². The smallest absolute Gasteiger partial charge is 0.308 e. The number of benzene rings is 2. The molecule has 6 nitrogen and oxygen atoms in total. The van der Waals surface area contributed by atoms with Gasteiger partial charge in [0.1, 0.15) is 6.54 Å². The molecule has 6 heteroatoms. The lowest BCUT2D eigenvalue weighted by molar-refractivity contribution is -0.141. The minimum atomic E-state index is -0.920. The van der Waals surface area contributed by atoms with Crippen molar-refractivity contribution in [3.05, 3.63) is 65.9 Å². The maximum Gasteiger partial charge on any atom is 0.308 e. The molecule has 3 aromatic rings. The number of carbonyl (C=O) groups is 2. The normalized spacial score (nSPS) is 12.0. The van der Waals surface area contributed by atoms with Gasteiger partial charge >= 0.3 is 5.97 Å².